The van der Waals surface area contributed by atoms with E-state index in [4.69, 9.17) is 11.6 Å². The molecule has 7 heteroatoms. The number of carbonyl (C=O) groups is 2. The predicted octanol–water partition coefficient (Wildman–Crippen LogP) is 1.42. The van der Waals surface area contributed by atoms with Gasteiger partial charge >= 0.3 is 0 Å². The summed E-state index contributed by atoms with van der Waals surface area (Å²) in [5, 5.41) is 3.25. The minimum atomic E-state index is -0.580. The maximum Gasteiger partial charge on any atom is 0.251 e. The van der Waals surface area contributed by atoms with Crippen molar-refractivity contribution in [1.82, 2.24) is 14.9 Å². The minimum Gasteiger partial charge on any atom is -0.358 e. The van der Waals surface area contributed by atoms with Crippen LogP contribution in [0.2, 0.25) is 5.15 Å². The van der Waals surface area contributed by atoms with E-state index >= 15 is 0 Å². The average Bonchev–Trinajstić information content (AvgIpc) is 2.56. The average molecular weight is 283 g/mol. The Morgan fingerprint density at radius 2 is 2.11 bits per heavy atom. The quantitative estimate of drug-likeness (QED) is 0.670. The maximum absolute atomic E-state index is 11.8. The summed E-state index contributed by atoms with van der Waals surface area (Å²) in [6, 6.07) is 0.965. The van der Waals surface area contributed by atoms with Crippen molar-refractivity contribution in [2.24, 2.45) is 0 Å². The van der Waals surface area contributed by atoms with Crippen LogP contribution in [0.15, 0.2) is 6.07 Å². The van der Waals surface area contributed by atoms with E-state index in [0.717, 1.165) is 4.90 Å². The van der Waals surface area contributed by atoms with E-state index in [-0.39, 0.29) is 24.2 Å². The van der Waals surface area contributed by atoms with Crippen LogP contribution in [-0.4, -0.2) is 39.8 Å². The highest BCUT2D eigenvalue weighted by Gasteiger charge is 2.36. The van der Waals surface area contributed by atoms with Gasteiger partial charge in [-0.25, -0.2) is 9.97 Å². The summed E-state index contributed by atoms with van der Waals surface area (Å²) in [5.74, 6) is 0.727. The zero-order valence-corrected chi connectivity index (χ0v) is 11.7. The number of likely N-dealkylation sites (tertiary alicyclic amines) is 1. The molecule has 0 spiro atoms. The number of hydrogen-bond donors (Lipinski definition) is 1. The second-order valence-electron chi connectivity index (χ2n) is 4.78. The second-order valence-corrected chi connectivity index (χ2v) is 5.17. The molecule has 0 bridgehead atoms. The van der Waals surface area contributed by atoms with Crippen LogP contribution < -0.4 is 5.32 Å². The third-order valence-corrected chi connectivity index (χ3v) is 3.13. The molecule has 102 valence electrons. The zero-order chi connectivity index (χ0) is 14.2. The SMILES string of the molecule is CC(C)c1nc(Cl)cc(NC2CC(=O)N(C)C2=O)n1. The summed E-state index contributed by atoms with van der Waals surface area (Å²) in [7, 11) is 1.47. The summed E-state index contributed by atoms with van der Waals surface area (Å²) in [6.45, 7) is 3.90. The van der Waals surface area contributed by atoms with E-state index in [0.29, 0.717) is 16.8 Å². The Morgan fingerprint density at radius 3 is 2.63 bits per heavy atom. The first-order valence-electron chi connectivity index (χ1n) is 6.00. The Labute approximate surface area is 116 Å². The summed E-state index contributed by atoms with van der Waals surface area (Å²) in [4.78, 5) is 32.7. The molecule has 0 aliphatic carbocycles. The molecular formula is C12H15ClN4O2. The van der Waals surface area contributed by atoms with E-state index in [1.807, 2.05) is 13.8 Å². The highest BCUT2D eigenvalue weighted by molar-refractivity contribution is 6.29. The summed E-state index contributed by atoms with van der Waals surface area (Å²) in [5.41, 5.74) is 0. The van der Waals surface area contributed by atoms with Crippen molar-refractivity contribution < 1.29 is 9.59 Å². The van der Waals surface area contributed by atoms with Crippen molar-refractivity contribution in [2.75, 3.05) is 12.4 Å². The lowest BCUT2D eigenvalue weighted by atomic mass is 10.2. The van der Waals surface area contributed by atoms with Crippen LogP contribution in [0.1, 0.15) is 32.0 Å². The molecule has 1 atom stereocenters. The van der Waals surface area contributed by atoms with Crippen molar-refractivity contribution in [1.29, 1.82) is 0 Å². The molecule has 1 unspecified atom stereocenters. The maximum atomic E-state index is 11.8. The fourth-order valence-electron chi connectivity index (χ4n) is 1.81. The van der Waals surface area contributed by atoms with Gasteiger partial charge in [0.05, 0.1) is 6.42 Å². The number of nitrogens with zero attached hydrogens (tertiary/aromatic N) is 3. The van der Waals surface area contributed by atoms with Crippen LogP contribution in [0.3, 0.4) is 0 Å². The lowest BCUT2D eigenvalue weighted by Crippen LogP contribution is -2.32. The van der Waals surface area contributed by atoms with Crippen LogP contribution in [0, 0.1) is 0 Å². The Hall–Kier alpha value is -1.69. The number of aromatic nitrogens is 2. The van der Waals surface area contributed by atoms with Crippen LogP contribution in [0.4, 0.5) is 5.82 Å². The Kier molecular flexibility index (Phi) is 3.71. The molecule has 0 radical (unpaired) electrons. The smallest absolute Gasteiger partial charge is 0.251 e. The third-order valence-electron chi connectivity index (χ3n) is 2.93. The van der Waals surface area contributed by atoms with E-state index in [1.165, 1.54) is 7.05 Å². The predicted molar refractivity (Wildman–Crippen MR) is 70.9 cm³/mol. The molecule has 1 aliphatic rings. The number of likely N-dealkylation sites (N-methyl/N-ethyl adjacent to an activating group) is 1. The van der Waals surface area contributed by atoms with Gasteiger partial charge < -0.3 is 5.32 Å². The lowest BCUT2D eigenvalue weighted by molar-refractivity contribution is -0.136. The highest BCUT2D eigenvalue weighted by Crippen LogP contribution is 2.20. The monoisotopic (exact) mass is 282 g/mol. The molecule has 2 amide bonds. The Bertz CT molecular complexity index is 532. The summed E-state index contributed by atoms with van der Waals surface area (Å²) >= 11 is 5.92. The molecule has 6 nitrogen and oxygen atoms in total. The number of anilines is 1. The fourth-order valence-corrected chi connectivity index (χ4v) is 2.00. The standard InChI is InChI=1S/C12H15ClN4O2/c1-6(2)11-15-8(13)5-9(16-11)14-7-4-10(18)17(3)12(7)19/h5-7H,4H2,1-3H3,(H,14,15,16). The highest BCUT2D eigenvalue weighted by atomic mass is 35.5. The number of imide groups is 1. The van der Waals surface area contributed by atoms with Crippen LogP contribution in [-0.2, 0) is 9.59 Å². The van der Waals surface area contributed by atoms with Gasteiger partial charge in [0.15, 0.2) is 0 Å². The molecule has 1 aromatic rings. The zero-order valence-electron chi connectivity index (χ0n) is 11.0. The van der Waals surface area contributed by atoms with Gasteiger partial charge in [-0.05, 0) is 0 Å². The van der Waals surface area contributed by atoms with E-state index < -0.39 is 6.04 Å². The van der Waals surface area contributed by atoms with Crippen LogP contribution >= 0.6 is 11.6 Å². The Balaban J connectivity index is 2.20. The summed E-state index contributed by atoms with van der Waals surface area (Å²) < 4.78 is 0. The molecule has 19 heavy (non-hydrogen) atoms. The molecule has 0 aromatic carbocycles. The molecule has 1 aliphatic heterocycles. The van der Waals surface area contributed by atoms with Gasteiger partial charge in [0.2, 0.25) is 5.91 Å². The molecule has 1 fully saturated rings. The number of amides is 2. The van der Waals surface area contributed by atoms with Gasteiger partial charge in [-0.1, -0.05) is 25.4 Å². The van der Waals surface area contributed by atoms with Crippen LogP contribution in [0.5, 0.6) is 0 Å². The normalized spacial score (nSPS) is 19.4. The van der Waals surface area contributed by atoms with Gasteiger partial charge in [0.1, 0.15) is 22.8 Å². The lowest BCUT2D eigenvalue weighted by Gasteiger charge is -2.13. The number of nitrogens with one attached hydrogen (secondary N) is 1. The third kappa shape index (κ3) is 2.84. The van der Waals surface area contributed by atoms with E-state index in [1.54, 1.807) is 6.07 Å². The first-order valence-corrected chi connectivity index (χ1v) is 6.37. The molecular weight excluding hydrogens is 268 g/mol. The van der Waals surface area contributed by atoms with Crippen molar-refractivity contribution in [3.05, 3.63) is 17.0 Å². The summed E-state index contributed by atoms with van der Waals surface area (Å²) in [6.07, 6.45) is 0.133. The number of rotatable bonds is 3. The number of carbonyl (C=O) groups excluding carboxylic acids is 2. The minimum absolute atomic E-state index is 0.128. The van der Waals surface area contributed by atoms with Gasteiger partial charge in [0.25, 0.3) is 5.91 Å². The van der Waals surface area contributed by atoms with Crippen LogP contribution in [0.25, 0.3) is 0 Å². The molecule has 1 aromatic heterocycles. The van der Waals surface area contributed by atoms with Crippen molar-refractivity contribution in [3.63, 3.8) is 0 Å². The van der Waals surface area contributed by atoms with Crippen molar-refractivity contribution in [2.45, 2.75) is 32.2 Å². The second kappa shape index (κ2) is 5.13. The first-order chi connectivity index (χ1) is 8.88. The number of halogens is 1. The van der Waals surface area contributed by atoms with Gasteiger partial charge in [-0.2, -0.15) is 0 Å². The molecule has 1 N–H and O–H groups in total. The van der Waals surface area contributed by atoms with E-state index in [9.17, 15) is 9.59 Å². The molecule has 0 saturated carbocycles. The molecule has 2 heterocycles. The van der Waals surface area contributed by atoms with Gasteiger partial charge in [0, 0.05) is 19.0 Å². The van der Waals surface area contributed by atoms with Gasteiger partial charge in [-0.15, -0.1) is 0 Å². The topological polar surface area (TPSA) is 75.2 Å². The molecule has 1 saturated heterocycles. The molecule has 2 rings (SSSR count). The van der Waals surface area contributed by atoms with Gasteiger partial charge in [-0.3, -0.25) is 14.5 Å². The fraction of sp³-hybridized carbons (Fsp3) is 0.500. The van der Waals surface area contributed by atoms with E-state index in [2.05, 4.69) is 15.3 Å². The largest absolute Gasteiger partial charge is 0.358 e. The first kappa shape index (κ1) is 13.7. The Morgan fingerprint density at radius 1 is 1.42 bits per heavy atom. The van der Waals surface area contributed by atoms with Crippen molar-refractivity contribution >= 4 is 29.2 Å². The van der Waals surface area contributed by atoms with Crippen molar-refractivity contribution in [3.8, 4) is 0 Å². The number of hydrogen-bond acceptors (Lipinski definition) is 5.